The van der Waals surface area contributed by atoms with Crippen LogP contribution in [0.15, 0.2) is 54.6 Å². The van der Waals surface area contributed by atoms with Gasteiger partial charge in [0.1, 0.15) is 0 Å². The van der Waals surface area contributed by atoms with Crippen LogP contribution in [0, 0.1) is 0 Å². The molecule has 0 aliphatic carbocycles. The van der Waals surface area contributed by atoms with Crippen molar-refractivity contribution in [3.05, 3.63) is 71.3 Å². The summed E-state index contributed by atoms with van der Waals surface area (Å²) in [6, 6.07) is 16.8. The van der Waals surface area contributed by atoms with Gasteiger partial charge in [0.15, 0.2) is 0 Å². The molecule has 102 valence electrons. The fourth-order valence-corrected chi connectivity index (χ4v) is 1.86. The molecule has 0 aromatic heterocycles. The first-order valence-electron chi connectivity index (χ1n) is 6.12. The Morgan fingerprint density at radius 2 is 1.60 bits per heavy atom. The highest BCUT2D eigenvalue weighted by molar-refractivity contribution is 5.96. The first-order valence-corrected chi connectivity index (χ1v) is 6.12. The molecule has 0 bridgehead atoms. The van der Waals surface area contributed by atoms with Gasteiger partial charge in [-0.2, -0.15) is 0 Å². The fraction of sp³-hybridized carbons (Fsp3) is 0.125. The van der Waals surface area contributed by atoms with E-state index < -0.39 is 12.1 Å². The molecule has 20 heavy (non-hydrogen) atoms. The van der Waals surface area contributed by atoms with E-state index in [1.807, 2.05) is 42.5 Å². The molecule has 2 rings (SSSR count). The van der Waals surface area contributed by atoms with Crippen LogP contribution in [0.1, 0.15) is 21.5 Å². The summed E-state index contributed by atoms with van der Waals surface area (Å²) in [5.41, 5.74) is 2.24. The van der Waals surface area contributed by atoms with E-state index in [1.54, 1.807) is 12.1 Å². The summed E-state index contributed by atoms with van der Waals surface area (Å²) >= 11 is 0. The molecule has 0 aliphatic heterocycles. The maximum atomic E-state index is 11.9. The number of carbonyl (C=O) groups is 2. The minimum atomic E-state index is -1.01. The van der Waals surface area contributed by atoms with E-state index in [0.29, 0.717) is 12.0 Å². The average molecular weight is 270 g/mol. The minimum absolute atomic E-state index is 0.363. The lowest BCUT2D eigenvalue weighted by Crippen LogP contribution is -2.14. The number of benzene rings is 2. The smallest absolute Gasteiger partial charge is 0.437 e. The molecule has 0 aliphatic rings. The molecular formula is C16H14O4. The van der Waals surface area contributed by atoms with Crippen molar-refractivity contribution in [2.24, 2.45) is 0 Å². The van der Waals surface area contributed by atoms with Crippen LogP contribution < -0.4 is 0 Å². The summed E-state index contributed by atoms with van der Waals surface area (Å²) in [6.07, 6.45) is -0.419. The quantitative estimate of drug-likeness (QED) is 0.635. The summed E-state index contributed by atoms with van der Waals surface area (Å²) in [5.74, 6) is -0.705. The normalized spacial score (nSPS) is 9.85. The SMILES string of the molecule is COC(=O)OC(=O)c1ccccc1Cc1ccccc1. The van der Waals surface area contributed by atoms with Crippen molar-refractivity contribution in [1.82, 2.24) is 0 Å². The molecule has 0 fully saturated rings. The number of methoxy groups -OCH3 is 1. The Hall–Kier alpha value is -2.62. The van der Waals surface area contributed by atoms with E-state index in [1.165, 1.54) is 0 Å². The third-order valence-electron chi connectivity index (χ3n) is 2.82. The highest BCUT2D eigenvalue weighted by Crippen LogP contribution is 2.15. The summed E-state index contributed by atoms with van der Waals surface area (Å²) in [5, 5.41) is 0. The van der Waals surface area contributed by atoms with Crippen LogP contribution in [0.25, 0.3) is 0 Å². The molecule has 0 unspecified atom stereocenters. The maximum absolute atomic E-state index is 11.9. The van der Waals surface area contributed by atoms with Gasteiger partial charge in [-0.25, -0.2) is 9.59 Å². The second kappa shape index (κ2) is 6.52. The van der Waals surface area contributed by atoms with Crippen molar-refractivity contribution in [3.8, 4) is 0 Å². The summed E-state index contributed by atoms with van der Waals surface area (Å²) in [4.78, 5) is 22.9. The van der Waals surface area contributed by atoms with Crippen molar-refractivity contribution in [2.45, 2.75) is 6.42 Å². The third-order valence-corrected chi connectivity index (χ3v) is 2.82. The number of hydrogen-bond donors (Lipinski definition) is 0. The topological polar surface area (TPSA) is 52.6 Å². The molecule has 4 heteroatoms. The van der Waals surface area contributed by atoms with Crippen LogP contribution in [0.2, 0.25) is 0 Å². The van der Waals surface area contributed by atoms with Gasteiger partial charge in [0, 0.05) is 0 Å². The molecular weight excluding hydrogens is 256 g/mol. The van der Waals surface area contributed by atoms with E-state index in [-0.39, 0.29) is 0 Å². The van der Waals surface area contributed by atoms with Crippen molar-refractivity contribution in [3.63, 3.8) is 0 Å². The lowest BCUT2D eigenvalue weighted by Gasteiger charge is -2.08. The Bertz CT molecular complexity index is 605. The minimum Gasteiger partial charge on any atom is -0.437 e. The largest absolute Gasteiger partial charge is 0.516 e. The second-order valence-corrected chi connectivity index (χ2v) is 4.16. The zero-order valence-corrected chi connectivity index (χ0v) is 11.0. The Morgan fingerprint density at radius 1 is 0.950 bits per heavy atom. The monoisotopic (exact) mass is 270 g/mol. The number of hydrogen-bond acceptors (Lipinski definition) is 4. The molecule has 0 radical (unpaired) electrons. The summed E-state index contributed by atoms with van der Waals surface area (Å²) in [6.45, 7) is 0. The van der Waals surface area contributed by atoms with Crippen molar-refractivity contribution in [1.29, 1.82) is 0 Å². The van der Waals surface area contributed by atoms with E-state index >= 15 is 0 Å². The number of rotatable bonds is 3. The van der Waals surface area contributed by atoms with Crippen molar-refractivity contribution in [2.75, 3.05) is 7.11 Å². The Morgan fingerprint density at radius 3 is 2.30 bits per heavy atom. The van der Waals surface area contributed by atoms with Crippen LogP contribution in [-0.4, -0.2) is 19.2 Å². The van der Waals surface area contributed by atoms with Crippen LogP contribution in [-0.2, 0) is 15.9 Å². The predicted molar refractivity (Wildman–Crippen MR) is 73.5 cm³/mol. The zero-order chi connectivity index (χ0) is 14.4. The number of esters is 1. The summed E-state index contributed by atoms with van der Waals surface area (Å²) < 4.78 is 8.88. The van der Waals surface area contributed by atoms with E-state index in [4.69, 9.17) is 0 Å². The Balaban J connectivity index is 2.22. The van der Waals surface area contributed by atoms with Gasteiger partial charge in [-0.05, 0) is 23.6 Å². The predicted octanol–water partition coefficient (Wildman–Crippen LogP) is 3.20. The Labute approximate surface area is 116 Å². The second-order valence-electron chi connectivity index (χ2n) is 4.16. The molecule has 0 heterocycles. The van der Waals surface area contributed by atoms with Gasteiger partial charge < -0.3 is 9.47 Å². The van der Waals surface area contributed by atoms with Gasteiger partial charge >= 0.3 is 12.1 Å². The Kier molecular flexibility index (Phi) is 4.50. The highest BCUT2D eigenvalue weighted by atomic mass is 16.7. The lowest BCUT2D eigenvalue weighted by atomic mass is 10.00. The number of carbonyl (C=O) groups excluding carboxylic acids is 2. The average Bonchev–Trinajstić information content (AvgIpc) is 2.48. The van der Waals surface area contributed by atoms with Gasteiger partial charge in [0.05, 0.1) is 12.7 Å². The molecule has 0 saturated heterocycles. The molecule has 0 saturated carbocycles. The fourth-order valence-electron chi connectivity index (χ4n) is 1.86. The van der Waals surface area contributed by atoms with E-state index in [2.05, 4.69) is 9.47 Å². The van der Waals surface area contributed by atoms with Crippen molar-refractivity contribution >= 4 is 12.1 Å². The first kappa shape index (κ1) is 13.8. The standard InChI is InChI=1S/C16H14O4/c1-19-16(18)20-15(17)14-10-6-5-9-13(14)11-12-7-3-2-4-8-12/h2-10H,11H2,1H3. The van der Waals surface area contributed by atoms with Gasteiger partial charge in [-0.1, -0.05) is 48.5 Å². The van der Waals surface area contributed by atoms with Gasteiger partial charge in [-0.3, -0.25) is 0 Å². The molecule has 0 N–H and O–H groups in total. The van der Waals surface area contributed by atoms with Crippen LogP contribution in [0.4, 0.5) is 4.79 Å². The summed E-state index contributed by atoms with van der Waals surface area (Å²) in [7, 11) is 1.16. The molecule has 0 atom stereocenters. The van der Waals surface area contributed by atoms with E-state index in [0.717, 1.165) is 18.2 Å². The van der Waals surface area contributed by atoms with Gasteiger partial charge in [0.2, 0.25) is 0 Å². The van der Waals surface area contributed by atoms with Crippen LogP contribution in [0.5, 0.6) is 0 Å². The van der Waals surface area contributed by atoms with Crippen molar-refractivity contribution < 1.29 is 19.1 Å². The first-order chi connectivity index (χ1) is 9.70. The number of ether oxygens (including phenoxy) is 2. The zero-order valence-electron chi connectivity index (χ0n) is 11.0. The van der Waals surface area contributed by atoms with Crippen LogP contribution in [0.3, 0.4) is 0 Å². The van der Waals surface area contributed by atoms with E-state index in [9.17, 15) is 9.59 Å². The maximum Gasteiger partial charge on any atom is 0.516 e. The highest BCUT2D eigenvalue weighted by Gasteiger charge is 2.16. The van der Waals surface area contributed by atoms with Crippen LogP contribution >= 0.6 is 0 Å². The molecule has 2 aromatic rings. The molecule has 0 spiro atoms. The molecule has 2 aromatic carbocycles. The lowest BCUT2D eigenvalue weighted by molar-refractivity contribution is 0.0451. The van der Waals surface area contributed by atoms with Gasteiger partial charge in [-0.15, -0.1) is 0 Å². The third kappa shape index (κ3) is 3.45. The van der Waals surface area contributed by atoms with Gasteiger partial charge in [0.25, 0.3) is 0 Å². The molecule has 0 amide bonds. The molecule has 4 nitrogen and oxygen atoms in total.